The summed E-state index contributed by atoms with van der Waals surface area (Å²) in [6.07, 6.45) is 0.724. The molecule has 0 radical (unpaired) electrons. The average Bonchev–Trinajstić information content (AvgIpc) is 2.90. The Hall–Kier alpha value is 0.550. The van der Waals surface area contributed by atoms with Crippen molar-refractivity contribution in [1.82, 2.24) is 0 Å². The summed E-state index contributed by atoms with van der Waals surface area (Å²) in [5.41, 5.74) is 0. The number of ether oxygens (including phenoxy) is 2. The lowest BCUT2D eigenvalue weighted by Crippen LogP contribution is -2.85. The molecule has 0 N–H and O–H groups in total. The Balaban J connectivity index is 1.64. The lowest BCUT2D eigenvalue weighted by molar-refractivity contribution is -0.225. The highest BCUT2D eigenvalue weighted by atomic mass is 79.9. The first-order valence-corrected chi connectivity index (χ1v) is 8.36. The molecule has 1 aliphatic heterocycles. The zero-order valence-electron chi connectivity index (χ0n) is 9.57. The van der Waals surface area contributed by atoms with Crippen molar-refractivity contribution < 1.29 is 14.3 Å². The summed E-state index contributed by atoms with van der Waals surface area (Å²) in [5.74, 6) is 3.09. The molecule has 6 aliphatic carbocycles. The molecule has 3 nitrogen and oxygen atoms in total. The number of carbonyl (C=O) groups is 1. The second kappa shape index (κ2) is 2.42. The summed E-state index contributed by atoms with van der Waals surface area (Å²) >= 11 is 7.84. The molecule has 1 heterocycles. The van der Waals surface area contributed by atoms with E-state index in [2.05, 4.69) is 31.9 Å². The van der Waals surface area contributed by atoms with E-state index in [1.54, 1.807) is 0 Å². The van der Waals surface area contributed by atoms with Gasteiger partial charge in [0.25, 0.3) is 0 Å². The molecule has 4 bridgehead atoms. The van der Waals surface area contributed by atoms with E-state index in [0.717, 1.165) is 6.42 Å². The summed E-state index contributed by atoms with van der Waals surface area (Å²) in [4.78, 5) is 12.3. The van der Waals surface area contributed by atoms with Crippen LogP contribution in [0.25, 0.3) is 0 Å². The molecule has 5 heteroatoms. The molecule has 96 valence electrons. The van der Waals surface area contributed by atoms with Crippen LogP contribution in [0, 0.1) is 35.5 Å². The van der Waals surface area contributed by atoms with Crippen LogP contribution in [0.5, 0.6) is 0 Å². The van der Waals surface area contributed by atoms with Crippen LogP contribution in [0.4, 0.5) is 0 Å². The van der Waals surface area contributed by atoms with Crippen molar-refractivity contribution in [3.8, 4) is 0 Å². The minimum Gasteiger partial charge on any atom is -0.346 e. The van der Waals surface area contributed by atoms with Crippen LogP contribution in [0.3, 0.4) is 0 Å². The van der Waals surface area contributed by atoms with Gasteiger partial charge in [0, 0.05) is 12.3 Å². The average molecular weight is 376 g/mol. The first-order valence-electron chi connectivity index (χ1n) is 6.77. The number of fused-ring (bicyclic) bond motifs is 1. The third-order valence-corrected chi connectivity index (χ3v) is 10.1. The van der Waals surface area contributed by atoms with Crippen LogP contribution < -0.4 is 0 Å². The van der Waals surface area contributed by atoms with E-state index in [-0.39, 0.29) is 8.65 Å². The number of rotatable bonds is 0. The fourth-order valence-electron chi connectivity index (χ4n) is 6.85. The SMILES string of the molecule is O=C1C[C@@H]2[C@H]3[C@H]4[C@@H]5[C@H]([C@@H]2[C@@]5(Br)C32OCCO2)[C@]14Br. The highest BCUT2D eigenvalue weighted by Gasteiger charge is 3.01. The van der Waals surface area contributed by atoms with Gasteiger partial charge in [-0.2, -0.15) is 0 Å². The smallest absolute Gasteiger partial charge is 0.187 e. The molecule has 18 heavy (non-hydrogen) atoms. The molecule has 1 saturated heterocycles. The van der Waals surface area contributed by atoms with Gasteiger partial charge in [-0.1, -0.05) is 31.9 Å². The van der Waals surface area contributed by atoms with E-state index in [9.17, 15) is 4.79 Å². The van der Waals surface area contributed by atoms with Crippen molar-refractivity contribution in [3.05, 3.63) is 0 Å². The zero-order valence-corrected chi connectivity index (χ0v) is 12.7. The lowest BCUT2D eigenvalue weighted by atomic mass is 9.30. The first-order chi connectivity index (χ1) is 8.58. The summed E-state index contributed by atoms with van der Waals surface area (Å²) in [6, 6.07) is 0. The normalized spacial score (nSPS) is 71.8. The Morgan fingerprint density at radius 3 is 2.39 bits per heavy atom. The number of alkyl halides is 2. The molecule has 1 spiro atoms. The van der Waals surface area contributed by atoms with Crippen molar-refractivity contribution in [2.45, 2.75) is 20.9 Å². The number of Topliss-reactive ketones (excluding diaryl/α,β-unsaturated/α-hetero) is 1. The topological polar surface area (TPSA) is 35.5 Å². The van der Waals surface area contributed by atoms with Gasteiger partial charge in [0.15, 0.2) is 5.79 Å². The second-order valence-electron chi connectivity index (χ2n) is 6.82. The van der Waals surface area contributed by atoms with E-state index in [1.165, 1.54) is 0 Å². The van der Waals surface area contributed by atoms with Gasteiger partial charge in [0.1, 0.15) is 5.78 Å². The van der Waals surface area contributed by atoms with Crippen LogP contribution in [0.2, 0.25) is 0 Å². The molecule has 0 aromatic carbocycles. The van der Waals surface area contributed by atoms with E-state index >= 15 is 0 Å². The van der Waals surface area contributed by atoms with Crippen molar-refractivity contribution in [2.24, 2.45) is 35.5 Å². The molecule has 0 amide bonds. The first kappa shape index (κ1) is 10.3. The van der Waals surface area contributed by atoms with Crippen LogP contribution in [0.15, 0.2) is 0 Å². The van der Waals surface area contributed by atoms with Crippen LogP contribution in [-0.2, 0) is 14.3 Å². The zero-order chi connectivity index (χ0) is 12.1. The van der Waals surface area contributed by atoms with E-state index in [1.807, 2.05) is 0 Å². The largest absolute Gasteiger partial charge is 0.346 e. The Bertz CT molecular complexity index is 530. The highest BCUT2D eigenvalue weighted by Crippen LogP contribution is 2.94. The maximum Gasteiger partial charge on any atom is 0.187 e. The predicted molar refractivity (Wildman–Crippen MR) is 68.5 cm³/mol. The molecule has 0 unspecified atom stereocenters. The van der Waals surface area contributed by atoms with Crippen molar-refractivity contribution in [2.75, 3.05) is 13.2 Å². The second-order valence-corrected chi connectivity index (χ2v) is 9.44. The monoisotopic (exact) mass is 374 g/mol. The van der Waals surface area contributed by atoms with E-state index in [0.29, 0.717) is 54.5 Å². The quantitative estimate of drug-likeness (QED) is 0.605. The number of carbonyl (C=O) groups excluding carboxylic acids is 1. The number of hydrogen-bond donors (Lipinski definition) is 0. The summed E-state index contributed by atoms with van der Waals surface area (Å²) in [6.45, 7) is 1.41. The van der Waals surface area contributed by atoms with Crippen LogP contribution in [0.1, 0.15) is 6.42 Å². The standard InChI is InChI=1S/C13H12Br2O3/c14-11-5(16)3-4-6-8(11)10-9(11)7(4)13(12(6,10)15)17-1-2-18-13/h4,6-10H,1-3H2/t4-,6+,7-,8-,9-,10-,11+,12-/m0/s1. The third-order valence-electron chi connectivity index (χ3n) is 6.95. The predicted octanol–water partition coefficient (Wildman–Crippen LogP) is 1.72. The van der Waals surface area contributed by atoms with Crippen molar-refractivity contribution in [1.29, 1.82) is 0 Å². The number of halogens is 2. The van der Waals surface area contributed by atoms with Crippen molar-refractivity contribution in [3.63, 3.8) is 0 Å². The summed E-state index contributed by atoms with van der Waals surface area (Å²) < 4.78 is 12.0. The molecule has 0 aromatic rings. The fraction of sp³-hybridized carbons (Fsp3) is 0.923. The maximum atomic E-state index is 12.3. The molecule has 6 saturated carbocycles. The number of hydrogen-bond acceptors (Lipinski definition) is 3. The maximum absolute atomic E-state index is 12.3. The summed E-state index contributed by atoms with van der Waals surface area (Å²) in [5, 5.41) is 0. The fourth-order valence-corrected chi connectivity index (χ4v) is 9.84. The van der Waals surface area contributed by atoms with E-state index < -0.39 is 5.79 Å². The molecule has 8 atom stereocenters. The van der Waals surface area contributed by atoms with E-state index in [4.69, 9.17) is 9.47 Å². The third kappa shape index (κ3) is 0.587. The minimum absolute atomic E-state index is 0.0130. The van der Waals surface area contributed by atoms with Crippen LogP contribution in [-0.4, -0.2) is 33.4 Å². The Labute approximate surface area is 121 Å². The number of ketones is 1. The van der Waals surface area contributed by atoms with Gasteiger partial charge in [-0.05, 0) is 29.6 Å². The van der Waals surface area contributed by atoms with Gasteiger partial charge in [0.05, 0.1) is 21.9 Å². The van der Waals surface area contributed by atoms with Gasteiger partial charge in [-0.25, -0.2) is 0 Å². The van der Waals surface area contributed by atoms with Gasteiger partial charge in [-0.15, -0.1) is 0 Å². The highest BCUT2D eigenvalue weighted by molar-refractivity contribution is 9.10. The van der Waals surface area contributed by atoms with Crippen LogP contribution >= 0.6 is 31.9 Å². The molecule has 7 rings (SSSR count). The van der Waals surface area contributed by atoms with Gasteiger partial charge in [-0.3, -0.25) is 4.79 Å². The Morgan fingerprint density at radius 1 is 1.00 bits per heavy atom. The van der Waals surface area contributed by atoms with Gasteiger partial charge in [0.2, 0.25) is 0 Å². The molecular weight excluding hydrogens is 364 g/mol. The minimum atomic E-state index is -0.412. The van der Waals surface area contributed by atoms with Crippen molar-refractivity contribution >= 4 is 37.6 Å². The molecule has 7 fully saturated rings. The Morgan fingerprint density at radius 2 is 1.67 bits per heavy atom. The Kier molecular flexibility index (Phi) is 1.39. The molecule has 7 aliphatic rings. The van der Waals surface area contributed by atoms with Gasteiger partial charge >= 0.3 is 0 Å². The lowest BCUT2D eigenvalue weighted by Gasteiger charge is -2.78. The van der Waals surface area contributed by atoms with Gasteiger partial charge < -0.3 is 9.47 Å². The molecular formula is C13H12Br2O3. The molecule has 0 aromatic heterocycles. The summed E-state index contributed by atoms with van der Waals surface area (Å²) in [7, 11) is 0.